The molecule has 0 aliphatic heterocycles. The lowest BCUT2D eigenvalue weighted by Gasteiger charge is -2.28. The van der Waals surface area contributed by atoms with E-state index >= 15 is 0 Å². The van der Waals surface area contributed by atoms with Crippen molar-refractivity contribution in [2.45, 2.75) is 70.7 Å². The largest absolute Gasteiger partial charge is 0.350 e. The third kappa shape index (κ3) is 6.77. The zero-order valence-electron chi connectivity index (χ0n) is 10.4. The van der Waals surface area contributed by atoms with E-state index in [1.807, 2.05) is 20.8 Å². The molecule has 0 radical (unpaired) electrons. The molecule has 0 fully saturated rings. The van der Waals surface area contributed by atoms with Crippen LogP contribution in [0.2, 0.25) is 0 Å². The van der Waals surface area contributed by atoms with E-state index in [9.17, 15) is 4.79 Å². The molecule has 1 unspecified atom stereocenters. The van der Waals surface area contributed by atoms with Crippen LogP contribution in [0.3, 0.4) is 0 Å². The topological polar surface area (TPSA) is 29.1 Å². The fourth-order valence-corrected chi connectivity index (χ4v) is 1.29. The maximum atomic E-state index is 11.6. The van der Waals surface area contributed by atoms with Gasteiger partial charge in [-0.05, 0) is 27.2 Å². The van der Waals surface area contributed by atoms with Crippen LogP contribution < -0.4 is 5.32 Å². The first kappa shape index (κ1) is 14.8. The Balaban J connectivity index is 3.74. The van der Waals surface area contributed by atoms with Gasteiger partial charge in [-0.25, -0.2) is 0 Å². The molecule has 0 saturated carbocycles. The van der Waals surface area contributed by atoms with E-state index < -0.39 is 0 Å². The highest BCUT2D eigenvalue weighted by Gasteiger charge is 2.25. The van der Waals surface area contributed by atoms with Crippen molar-refractivity contribution in [2.24, 2.45) is 0 Å². The third-order valence-corrected chi connectivity index (χ3v) is 3.26. The van der Waals surface area contributed by atoms with Gasteiger partial charge in [0.1, 0.15) is 0 Å². The maximum Gasteiger partial charge on any atom is 0.220 e. The van der Waals surface area contributed by atoms with Gasteiger partial charge >= 0.3 is 0 Å². The Kier molecular flexibility index (Phi) is 6.99. The molecular formula is C12H24ClNO. The molecule has 90 valence electrons. The second-order valence-corrected chi connectivity index (χ2v) is 5.35. The van der Waals surface area contributed by atoms with Gasteiger partial charge in [0.25, 0.3) is 0 Å². The zero-order valence-corrected chi connectivity index (χ0v) is 11.2. The van der Waals surface area contributed by atoms with Crippen LogP contribution in [0, 0.1) is 0 Å². The predicted molar refractivity (Wildman–Crippen MR) is 66.3 cm³/mol. The van der Waals surface area contributed by atoms with Crippen molar-refractivity contribution in [3.63, 3.8) is 0 Å². The number of alkyl halides is 1. The number of amides is 1. The van der Waals surface area contributed by atoms with E-state index in [0.29, 0.717) is 6.42 Å². The summed E-state index contributed by atoms with van der Waals surface area (Å²) in [6.45, 7) is 7.97. The minimum atomic E-state index is -0.316. The summed E-state index contributed by atoms with van der Waals surface area (Å²) in [5.41, 5.74) is -0.316. The van der Waals surface area contributed by atoms with Gasteiger partial charge in [0.2, 0.25) is 5.91 Å². The average Bonchev–Trinajstić information content (AvgIpc) is 2.11. The zero-order chi connectivity index (χ0) is 11.9. The van der Waals surface area contributed by atoms with Gasteiger partial charge < -0.3 is 5.32 Å². The fraction of sp³-hybridized carbons (Fsp3) is 0.917. The van der Waals surface area contributed by atoms with Crippen molar-refractivity contribution >= 4 is 17.5 Å². The molecule has 0 aliphatic rings. The van der Waals surface area contributed by atoms with E-state index in [1.54, 1.807) is 0 Å². The highest BCUT2D eigenvalue weighted by Crippen LogP contribution is 2.15. The smallest absolute Gasteiger partial charge is 0.220 e. The number of halogens is 1. The Morgan fingerprint density at radius 1 is 1.33 bits per heavy atom. The summed E-state index contributed by atoms with van der Waals surface area (Å²) in [7, 11) is 0. The summed E-state index contributed by atoms with van der Waals surface area (Å²) in [6, 6.07) is 0. The Hall–Kier alpha value is -0.240. The summed E-state index contributed by atoms with van der Waals surface area (Å²) >= 11 is 5.98. The van der Waals surface area contributed by atoms with Gasteiger partial charge in [-0.3, -0.25) is 4.79 Å². The SMILES string of the molecule is CCCCCCC(=O)NC(C)(C)C(C)Cl. The lowest BCUT2D eigenvalue weighted by atomic mass is 10.0. The number of hydrogen-bond acceptors (Lipinski definition) is 1. The molecule has 2 nitrogen and oxygen atoms in total. The van der Waals surface area contributed by atoms with Crippen LogP contribution in [0.25, 0.3) is 0 Å². The van der Waals surface area contributed by atoms with Gasteiger partial charge in [-0.2, -0.15) is 0 Å². The van der Waals surface area contributed by atoms with Crippen LogP contribution in [-0.4, -0.2) is 16.8 Å². The van der Waals surface area contributed by atoms with Crippen molar-refractivity contribution in [2.75, 3.05) is 0 Å². The van der Waals surface area contributed by atoms with Crippen LogP contribution in [0.1, 0.15) is 59.8 Å². The van der Waals surface area contributed by atoms with Crippen LogP contribution in [0.4, 0.5) is 0 Å². The lowest BCUT2D eigenvalue weighted by Crippen LogP contribution is -2.48. The van der Waals surface area contributed by atoms with Crippen molar-refractivity contribution in [3.8, 4) is 0 Å². The molecular weight excluding hydrogens is 210 g/mol. The normalized spacial score (nSPS) is 13.7. The summed E-state index contributed by atoms with van der Waals surface area (Å²) in [6.07, 6.45) is 5.15. The molecule has 1 N–H and O–H groups in total. The van der Waals surface area contributed by atoms with Gasteiger partial charge in [0, 0.05) is 6.42 Å². The molecule has 0 spiro atoms. The summed E-state index contributed by atoms with van der Waals surface area (Å²) in [5, 5.41) is 2.90. The fourth-order valence-electron chi connectivity index (χ4n) is 1.23. The van der Waals surface area contributed by atoms with Crippen molar-refractivity contribution in [1.29, 1.82) is 0 Å². The average molecular weight is 234 g/mol. The standard InChI is InChI=1S/C12H24ClNO/c1-5-6-7-8-9-11(15)14-12(3,4)10(2)13/h10H,5-9H2,1-4H3,(H,14,15). The molecule has 15 heavy (non-hydrogen) atoms. The second-order valence-electron chi connectivity index (χ2n) is 4.70. The Morgan fingerprint density at radius 3 is 2.40 bits per heavy atom. The maximum absolute atomic E-state index is 11.6. The van der Waals surface area contributed by atoms with Gasteiger partial charge in [-0.15, -0.1) is 11.6 Å². The molecule has 1 amide bonds. The van der Waals surface area contributed by atoms with Gasteiger partial charge in [0.15, 0.2) is 0 Å². The monoisotopic (exact) mass is 233 g/mol. The Labute approximate surface area is 98.8 Å². The number of carbonyl (C=O) groups excluding carboxylic acids is 1. The van der Waals surface area contributed by atoms with Crippen molar-refractivity contribution < 1.29 is 4.79 Å². The third-order valence-electron chi connectivity index (χ3n) is 2.71. The van der Waals surface area contributed by atoms with E-state index in [4.69, 9.17) is 11.6 Å². The van der Waals surface area contributed by atoms with Gasteiger partial charge in [0.05, 0.1) is 10.9 Å². The minimum absolute atomic E-state index is 0.0582. The van der Waals surface area contributed by atoms with Crippen LogP contribution >= 0.6 is 11.6 Å². The Bertz CT molecular complexity index is 190. The highest BCUT2D eigenvalue weighted by molar-refractivity contribution is 6.21. The Morgan fingerprint density at radius 2 is 1.93 bits per heavy atom. The summed E-state index contributed by atoms with van der Waals surface area (Å²) in [5.74, 6) is 0.114. The summed E-state index contributed by atoms with van der Waals surface area (Å²) < 4.78 is 0. The number of rotatable bonds is 7. The van der Waals surface area contributed by atoms with E-state index in [-0.39, 0.29) is 16.8 Å². The molecule has 0 aromatic heterocycles. The van der Waals surface area contributed by atoms with Crippen LogP contribution in [-0.2, 0) is 4.79 Å². The van der Waals surface area contributed by atoms with Gasteiger partial charge in [-0.1, -0.05) is 26.2 Å². The molecule has 0 aliphatic carbocycles. The van der Waals surface area contributed by atoms with Crippen molar-refractivity contribution in [1.82, 2.24) is 5.32 Å². The molecule has 0 rings (SSSR count). The molecule has 0 bridgehead atoms. The number of hydrogen-bond donors (Lipinski definition) is 1. The van der Waals surface area contributed by atoms with E-state index in [0.717, 1.165) is 12.8 Å². The first-order valence-electron chi connectivity index (χ1n) is 5.85. The minimum Gasteiger partial charge on any atom is -0.350 e. The molecule has 3 heteroatoms. The first-order chi connectivity index (χ1) is 6.90. The summed E-state index contributed by atoms with van der Waals surface area (Å²) in [4.78, 5) is 11.6. The molecule has 0 aromatic carbocycles. The van der Waals surface area contributed by atoms with Crippen molar-refractivity contribution in [3.05, 3.63) is 0 Å². The van der Waals surface area contributed by atoms with Crippen LogP contribution in [0.5, 0.6) is 0 Å². The van der Waals surface area contributed by atoms with Crippen LogP contribution in [0.15, 0.2) is 0 Å². The molecule has 0 aromatic rings. The lowest BCUT2D eigenvalue weighted by molar-refractivity contribution is -0.122. The molecule has 1 atom stereocenters. The number of nitrogens with one attached hydrogen (secondary N) is 1. The van der Waals surface area contributed by atoms with E-state index in [2.05, 4.69) is 12.2 Å². The molecule has 0 heterocycles. The number of unbranched alkanes of at least 4 members (excludes halogenated alkanes) is 3. The highest BCUT2D eigenvalue weighted by atomic mass is 35.5. The van der Waals surface area contributed by atoms with E-state index in [1.165, 1.54) is 12.8 Å². The second kappa shape index (κ2) is 7.10. The molecule has 0 saturated heterocycles. The quantitative estimate of drug-likeness (QED) is 0.530. The predicted octanol–water partition coefficient (Wildman–Crippen LogP) is 3.48. The number of carbonyl (C=O) groups is 1. The first-order valence-corrected chi connectivity index (χ1v) is 6.29.